The summed E-state index contributed by atoms with van der Waals surface area (Å²) >= 11 is 0. The van der Waals surface area contributed by atoms with Crippen LogP contribution < -0.4 is 5.32 Å². The minimum Gasteiger partial charge on any atom is -0.433 e. The third-order valence-corrected chi connectivity index (χ3v) is 4.79. The lowest BCUT2D eigenvalue weighted by Crippen LogP contribution is -2.19. The highest BCUT2D eigenvalue weighted by Crippen LogP contribution is 2.36. The van der Waals surface area contributed by atoms with Crippen LogP contribution in [0.15, 0.2) is 83.6 Å². The van der Waals surface area contributed by atoms with Crippen molar-refractivity contribution in [1.82, 2.24) is 20.4 Å². The van der Waals surface area contributed by atoms with Crippen molar-refractivity contribution >= 4 is 6.09 Å². The van der Waals surface area contributed by atoms with Gasteiger partial charge in [0, 0.05) is 29.1 Å². The van der Waals surface area contributed by atoms with Crippen LogP contribution >= 0.6 is 0 Å². The van der Waals surface area contributed by atoms with Gasteiger partial charge in [-0.3, -0.25) is 4.98 Å². The lowest BCUT2D eigenvalue weighted by Gasteiger charge is -2.14. The van der Waals surface area contributed by atoms with Crippen molar-refractivity contribution in [3.8, 4) is 23.2 Å². The fourth-order valence-corrected chi connectivity index (χ4v) is 3.31. The number of hydrogen-bond acceptors (Lipinski definition) is 6. The van der Waals surface area contributed by atoms with Crippen molar-refractivity contribution in [2.75, 3.05) is 0 Å². The quantitative estimate of drug-likeness (QED) is 0.514. The summed E-state index contributed by atoms with van der Waals surface area (Å²) in [7, 11) is 0. The predicted octanol–water partition coefficient (Wildman–Crippen LogP) is 4.05. The Kier molecular flexibility index (Phi) is 4.87. The van der Waals surface area contributed by atoms with Gasteiger partial charge >= 0.3 is 6.09 Å². The lowest BCUT2D eigenvalue weighted by atomic mass is 10.00. The average molecular weight is 408 g/mol. The Morgan fingerprint density at radius 2 is 1.77 bits per heavy atom. The molecule has 0 radical (unpaired) electrons. The van der Waals surface area contributed by atoms with E-state index in [4.69, 9.17) is 9.26 Å². The Hall–Kier alpha value is -4.44. The second kappa shape index (κ2) is 8.13. The van der Waals surface area contributed by atoms with Gasteiger partial charge in [-0.05, 0) is 42.0 Å². The zero-order chi connectivity index (χ0) is 21.0. The molecular weight excluding hydrogens is 392 g/mol. The molecule has 1 aliphatic heterocycles. The number of nitrogens with one attached hydrogen (secondary N) is 1. The summed E-state index contributed by atoms with van der Waals surface area (Å²) < 4.78 is 10.8. The minimum absolute atomic E-state index is 0.211. The summed E-state index contributed by atoms with van der Waals surface area (Å²) in [5.74, 6) is 6.88. The number of hydrogen-bond donors (Lipinski definition) is 1. The Morgan fingerprint density at radius 3 is 2.61 bits per heavy atom. The van der Waals surface area contributed by atoms with Crippen molar-refractivity contribution in [3.05, 3.63) is 102 Å². The molecular formula is C24H16N4O3. The normalized spacial score (nSPS) is 17.4. The zero-order valence-electron chi connectivity index (χ0n) is 16.2. The first kappa shape index (κ1) is 18.6. The fraction of sp³-hybridized carbons (Fsp3) is 0.0833. The summed E-state index contributed by atoms with van der Waals surface area (Å²) in [6.07, 6.45) is 2.01. The number of rotatable bonds is 3. The molecule has 2 unspecified atom stereocenters. The van der Waals surface area contributed by atoms with Crippen molar-refractivity contribution < 1.29 is 14.1 Å². The molecule has 1 N–H and O–H groups in total. The number of carbonyl (C=O) groups is 1. The van der Waals surface area contributed by atoms with Gasteiger partial charge in [0.2, 0.25) is 11.9 Å². The van der Waals surface area contributed by atoms with Gasteiger partial charge in [-0.2, -0.15) is 4.98 Å². The first-order valence-electron chi connectivity index (χ1n) is 9.64. The number of pyridine rings is 1. The molecule has 4 aromatic rings. The third kappa shape index (κ3) is 4.00. The smallest absolute Gasteiger partial charge is 0.408 e. The molecule has 0 bridgehead atoms. The number of amides is 1. The van der Waals surface area contributed by atoms with Crippen LogP contribution in [0.4, 0.5) is 4.79 Å². The molecule has 7 heteroatoms. The number of carbonyl (C=O) groups excluding carboxylic acids is 1. The van der Waals surface area contributed by atoms with Gasteiger partial charge in [-0.1, -0.05) is 47.3 Å². The Labute approximate surface area is 178 Å². The molecule has 2 aromatic carbocycles. The highest BCUT2D eigenvalue weighted by molar-refractivity contribution is 5.71. The van der Waals surface area contributed by atoms with E-state index in [1.54, 1.807) is 18.5 Å². The maximum atomic E-state index is 12.0. The monoisotopic (exact) mass is 408 g/mol. The molecule has 0 spiro atoms. The van der Waals surface area contributed by atoms with Gasteiger partial charge in [0.1, 0.15) is 6.04 Å². The highest BCUT2D eigenvalue weighted by atomic mass is 16.6. The van der Waals surface area contributed by atoms with Crippen LogP contribution in [0, 0.1) is 11.8 Å². The zero-order valence-corrected chi connectivity index (χ0v) is 16.2. The van der Waals surface area contributed by atoms with Crippen LogP contribution in [0.1, 0.15) is 34.7 Å². The van der Waals surface area contributed by atoms with E-state index in [9.17, 15) is 4.79 Å². The Bertz CT molecular complexity index is 1280. The maximum absolute atomic E-state index is 12.0. The van der Waals surface area contributed by atoms with Crippen LogP contribution in [-0.2, 0) is 4.74 Å². The number of ether oxygens (including phenoxy) is 1. The van der Waals surface area contributed by atoms with Crippen molar-refractivity contribution in [3.63, 3.8) is 0 Å². The molecule has 2 atom stereocenters. The molecule has 31 heavy (non-hydrogen) atoms. The van der Waals surface area contributed by atoms with E-state index in [-0.39, 0.29) is 5.89 Å². The van der Waals surface area contributed by atoms with Crippen LogP contribution in [-0.4, -0.2) is 21.2 Å². The molecule has 150 valence electrons. The lowest BCUT2D eigenvalue weighted by molar-refractivity contribution is 0.108. The van der Waals surface area contributed by atoms with E-state index >= 15 is 0 Å². The second-order valence-corrected chi connectivity index (χ2v) is 6.89. The largest absolute Gasteiger partial charge is 0.433 e. The van der Waals surface area contributed by atoms with Crippen molar-refractivity contribution in [2.24, 2.45) is 0 Å². The third-order valence-electron chi connectivity index (χ3n) is 4.79. The van der Waals surface area contributed by atoms with E-state index < -0.39 is 18.2 Å². The number of nitrogens with zero attached hydrogens (tertiary/aromatic N) is 3. The summed E-state index contributed by atoms with van der Waals surface area (Å²) in [6, 6.07) is 20.5. The predicted molar refractivity (Wildman–Crippen MR) is 111 cm³/mol. The van der Waals surface area contributed by atoms with E-state index in [1.807, 2.05) is 60.7 Å². The Morgan fingerprint density at radius 1 is 0.935 bits per heavy atom. The number of cyclic esters (lactones) is 1. The summed E-state index contributed by atoms with van der Waals surface area (Å²) in [4.78, 5) is 20.5. The van der Waals surface area contributed by atoms with Crippen molar-refractivity contribution in [2.45, 2.75) is 12.1 Å². The summed E-state index contributed by atoms with van der Waals surface area (Å²) in [5, 5.41) is 6.82. The van der Waals surface area contributed by atoms with Crippen LogP contribution in [0.2, 0.25) is 0 Å². The van der Waals surface area contributed by atoms with Gasteiger partial charge in [0.15, 0.2) is 0 Å². The standard InChI is InChI=1S/C24H16N4O3/c29-24-26-20(18-9-4-8-17(14-18)12-11-16-6-2-1-3-7-16)21(30-24)23-27-22(28-31-23)19-10-5-13-25-15-19/h1-10,13-15,20-21H,(H,26,29). The van der Waals surface area contributed by atoms with Gasteiger partial charge in [0.05, 0.1) is 0 Å². The summed E-state index contributed by atoms with van der Waals surface area (Å²) in [6.45, 7) is 0. The van der Waals surface area contributed by atoms with E-state index in [0.717, 1.165) is 16.7 Å². The molecule has 3 heterocycles. The van der Waals surface area contributed by atoms with E-state index in [2.05, 4.69) is 32.3 Å². The fourth-order valence-electron chi connectivity index (χ4n) is 3.31. The Balaban J connectivity index is 1.43. The van der Waals surface area contributed by atoms with E-state index in [1.165, 1.54) is 0 Å². The van der Waals surface area contributed by atoms with Crippen LogP contribution in [0.5, 0.6) is 0 Å². The van der Waals surface area contributed by atoms with Gasteiger partial charge in [-0.15, -0.1) is 0 Å². The SMILES string of the molecule is O=C1NC(c2cccc(C#Cc3ccccc3)c2)C(c2nc(-c3cccnc3)no2)O1. The molecule has 0 aliphatic carbocycles. The maximum Gasteiger partial charge on any atom is 0.408 e. The first-order valence-corrected chi connectivity index (χ1v) is 9.64. The average Bonchev–Trinajstić information content (AvgIpc) is 3.46. The van der Waals surface area contributed by atoms with Gasteiger partial charge < -0.3 is 14.6 Å². The molecule has 1 amide bonds. The molecule has 1 saturated heterocycles. The molecule has 1 aliphatic rings. The first-order chi connectivity index (χ1) is 15.3. The van der Waals surface area contributed by atoms with Crippen LogP contribution in [0.25, 0.3) is 11.4 Å². The molecule has 5 rings (SSSR count). The van der Waals surface area contributed by atoms with Crippen LogP contribution in [0.3, 0.4) is 0 Å². The molecule has 0 saturated carbocycles. The number of aromatic nitrogens is 3. The highest BCUT2D eigenvalue weighted by Gasteiger charge is 2.40. The van der Waals surface area contributed by atoms with E-state index in [0.29, 0.717) is 11.4 Å². The number of benzene rings is 2. The second-order valence-electron chi connectivity index (χ2n) is 6.89. The molecule has 1 fully saturated rings. The minimum atomic E-state index is -0.747. The number of alkyl carbamates (subject to hydrolysis) is 1. The topological polar surface area (TPSA) is 90.1 Å². The van der Waals surface area contributed by atoms with Crippen molar-refractivity contribution in [1.29, 1.82) is 0 Å². The molecule has 2 aromatic heterocycles. The van der Waals surface area contributed by atoms with Gasteiger partial charge in [0.25, 0.3) is 5.89 Å². The van der Waals surface area contributed by atoms with Gasteiger partial charge in [-0.25, -0.2) is 4.79 Å². The molecule has 7 nitrogen and oxygen atoms in total. The summed E-state index contributed by atoms with van der Waals surface area (Å²) in [5.41, 5.74) is 3.29.